The van der Waals surface area contributed by atoms with Crippen molar-refractivity contribution in [2.24, 2.45) is 5.92 Å². The molecular formula is C25H26FN5O2. The van der Waals surface area contributed by atoms with Gasteiger partial charge in [-0.05, 0) is 47.9 Å². The summed E-state index contributed by atoms with van der Waals surface area (Å²) in [6.45, 7) is 4.26. The maximum atomic E-state index is 14.3. The molecular weight excluding hydrogens is 421 g/mol. The summed E-state index contributed by atoms with van der Waals surface area (Å²) in [5.74, 6) is -2.22. The number of halogens is 1. The fraction of sp³-hybridized carbons (Fsp3) is 0.280. The van der Waals surface area contributed by atoms with Crippen molar-refractivity contribution in [3.05, 3.63) is 76.7 Å². The molecule has 0 saturated heterocycles. The first kappa shape index (κ1) is 23.7. The first-order chi connectivity index (χ1) is 15.8. The van der Waals surface area contributed by atoms with Gasteiger partial charge in [-0.15, -0.1) is 0 Å². The molecule has 0 bridgehead atoms. The van der Waals surface area contributed by atoms with Gasteiger partial charge in [-0.3, -0.25) is 9.59 Å². The van der Waals surface area contributed by atoms with Crippen molar-refractivity contribution in [2.45, 2.75) is 25.8 Å². The smallest absolute Gasteiger partial charge is 0.254 e. The average molecular weight is 448 g/mol. The monoisotopic (exact) mass is 447 g/mol. The van der Waals surface area contributed by atoms with Crippen LogP contribution in [-0.4, -0.2) is 42.6 Å². The molecule has 0 aromatic heterocycles. The van der Waals surface area contributed by atoms with Crippen molar-refractivity contribution in [1.82, 2.24) is 10.2 Å². The molecule has 3 rings (SSSR count). The molecule has 2 amide bonds. The molecule has 0 spiro atoms. The Morgan fingerprint density at radius 1 is 1.30 bits per heavy atom. The van der Waals surface area contributed by atoms with E-state index in [2.05, 4.69) is 10.6 Å². The molecule has 1 heterocycles. The molecule has 170 valence electrons. The highest BCUT2D eigenvalue weighted by Crippen LogP contribution is 2.38. The van der Waals surface area contributed by atoms with E-state index in [9.17, 15) is 19.2 Å². The van der Waals surface area contributed by atoms with Crippen LogP contribution >= 0.6 is 0 Å². The minimum atomic E-state index is -0.973. The Kier molecular flexibility index (Phi) is 7.23. The summed E-state index contributed by atoms with van der Waals surface area (Å²) in [6, 6.07) is 11.5. The minimum Gasteiger partial charge on any atom is -0.394 e. The number of rotatable bonds is 7. The maximum Gasteiger partial charge on any atom is 0.254 e. The number of nitrogens with one attached hydrogen (secondary N) is 3. The number of hydrogen-bond acceptors (Lipinski definition) is 5. The van der Waals surface area contributed by atoms with E-state index in [0.717, 1.165) is 6.21 Å². The fourth-order valence-electron chi connectivity index (χ4n) is 4.13. The first-order valence-electron chi connectivity index (χ1n) is 10.6. The van der Waals surface area contributed by atoms with Gasteiger partial charge in [0.1, 0.15) is 5.82 Å². The van der Waals surface area contributed by atoms with E-state index in [1.807, 2.05) is 19.9 Å². The summed E-state index contributed by atoms with van der Waals surface area (Å²) in [6.07, 6.45) is 2.67. The van der Waals surface area contributed by atoms with Gasteiger partial charge in [0.05, 0.1) is 23.6 Å². The van der Waals surface area contributed by atoms with Crippen LogP contribution in [-0.2, 0) is 4.79 Å². The topological polar surface area (TPSA) is 109 Å². The van der Waals surface area contributed by atoms with Gasteiger partial charge in [0.2, 0.25) is 5.91 Å². The van der Waals surface area contributed by atoms with E-state index in [1.54, 1.807) is 42.4 Å². The quantitative estimate of drug-likeness (QED) is 0.563. The lowest BCUT2D eigenvalue weighted by atomic mass is 9.78. The fourth-order valence-corrected chi connectivity index (χ4v) is 4.13. The molecule has 0 aliphatic carbocycles. The minimum absolute atomic E-state index is 0.0936. The van der Waals surface area contributed by atoms with Crippen LogP contribution < -0.4 is 10.6 Å². The van der Waals surface area contributed by atoms with Crippen molar-refractivity contribution in [1.29, 1.82) is 10.7 Å². The van der Waals surface area contributed by atoms with Crippen molar-refractivity contribution >= 4 is 23.7 Å². The Hall–Kier alpha value is -3.99. The highest BCUT2D eigenvalue weighted by atomic mass is 19.1. The van der Waals surface area contributed by atoms with Crippen LogP contribution in [0.1, 0.15) is 41.3 Å². The van der Waals surface area contributed by atoms with Gasteiger partial charge in [-0.2, -0.15) is 5.26 Å². The summed E-state index contributed by atoms with van der Waals surface area (Å²) < 4.78 is 14.3. The molecule has 0 radical (unpaired) electrons. The molecule has 7 nitrogen and oxygen atoms in total. The Labute approximate surface area is 192 Å². The molecule has 2 atom stereocenters. The second-order valence-corrected chi connectivity index (χ2v) is 8.26. The normalized spacial score (nSPS) is 17.9. The van der Waals surface area contributed by atoms with Crippen LogP contribution in [0.4, 0.5) is 10.1 Å². The number of amides is 2. The summed E-state index contributed by atoms with van der Waals surface area (Å²) >= 11 is 0. The van der Waals surface area contributed by atoms with Gasteiger partial charge in [0, 0.05) is 42.8 Å². The maximum absolute atomic E-state index is 14.3. The number of anilines is 1. The largest absolute Gasteiger partial charge is 0.394 e. The number of carbonyl (C=O) groups is 2. The van der Waals surface area contributed by atoms with Crippen molar-refractivity contribution in [2.75, 3.05) is 18.9 Å². The van der Waals surface area contributed by atoms with Crippen molar-refractivity contribution in [3.63, 3.8) is 0 Å². The number of benzene rings is 2. The lowest BCUT2D eigenvalue weighted by Crippen LogP contribution is -2.53. The lowest BCUT2D eigenvalue weighted by Gasteiger charge is -2.42. The Bertz CT molecular complexity index is 1150. The SMILES string of the molecule is CN/C=C(\C=N)[C@H]1[C@H](C(=O)Nc2cccc(C#N)c2)c2cc(F)ccc2C(=O)N1CC(C)C. The van der Waals surface area contributed by atoms with Crippen LogP contribution in [0.15, 0.2) is 54.2 Å². The van der Waals surface area contributed by atoms with Gasteiger partial charge in [-0.25, -0.2) is 4.39 Å². The third-order valence-corrected chi connectivity index (χ3v) is 5.41. The van der Waals surface area contributed by atoms with Gasteiger partial charge in [0.25, 0.3) is 5.91 Å². The summed E-state index contributed by atoms with van der Waals surface area (Å²) in [7, 11) is 1.66. The Morgan fingerprint density at radius 3 is 2.70 bits per heavy atom. The molecule has 1 aliphatic rings. The van der Waals surface area contributed by atoms with Crippen LogP contribution in [0.25, 0.3) is 0 Å². The number of nitriles is 1. The summed E-state index contributed by atoms with van der Waals surface area (Å²) in [5, 5.41) is 22.8. The van der Waals surface area contributed by atoms with Gasteiger partial charge >= 0.3 is 0 Å². The third-order valence-electron chi connectivity index (χ3n) is 5.41. The second kappa shape index (κ2) is 10.1. The molecule has 3 N–H and O–H groups in total. The number of hydrogen-bond donors (Lipinski definition) is 3. The van der Waals surface area contributed by atoms with E-state index >= 15 is 0 Å². The van der Waals surface area contributed by atoms with Crippen LogP contribution in [0, 0.1) is 28.5 Å². The zero-order valence-electron chi connectivity index (χ0n) is 18.7. The number of carbonyl (C=O) groups excluding carboxylic acids is 2. The predicted molar refractivity (Wildman–Crippen MR) is 125 cm³/mol. The average Bonchev–Trinajstić information content (AvgIpc) is 2.79. The standard InChI is InChI=1S/C25H26FN5O2/c1-15(2)14-31-23(17(12-28)13-29-3)22(21-10-18(26)7-8-20(21)25(31)33)24(32)30-19-6-4-5-16(9-19)11-27/h4-10,12-13,15,22-23,28-29H,14H2,1-3H3,(H,30,32)/b17-13+,28-12?/t22-,23+/m1/s1. The molecule has 2 aromatic carbocycles. The Balaban J connectivity index is 2.18. The van der Waals surface area contributed by atoms with Gasteiger partial charge in [-0.1, -0.05) is 19.9 Å². The predicted octanol–water partition coefficient (Wildman–Crippen LogP) is 3.65. The molecule has 1 aliphatic heterocycles. The molecule has 2 aromatic rings. The Morgan fingerprint density at radius 2 is 2.06 bits per heavy atom. The zero-order chi connectivity index (χ0) is 24.1. The van der Waals surface area contributed by atoms with Crippen molar-refractivity contribution in [3.8, 4) is 6.07 Å². The van der Waals surface area contributed by atoms with Gasteiger partial charge in [0.15, 0.2) is 0 Å². The molecule has 0 saturated carbocycles. The molecule has 33 heavy (non-hydrogen) atoms. The van der Waals surface area contributed by atoms with E-state index in [0.29, 0.717) is 23.4 Å². The van der Waals surface area contributed by atoms with E-state index in [4.69, 9.17) is 5.41 Å². The molecule has 0 unspecified atom stereocenters. The molecule has 8 heteroatoms. The molecule has 0 fully saturated rings. The third kappa shape index (κ3) is 4.93. The van der Waals surface area contributed by atoms with Crippen LogP contribution in [0.3, 0.4) is 0 Å². The highest BCUT2D eigenvalue weighted by Gasteiger charge is 2.45. The van der Waals surface area contributed by atoms with Gasteiger partial charge < -0.3 is 20.9 Å². The number of nitrogens with zero attached hydrogens (tertiary/aromatic N) is 2. The number of fused-ring (bicyclic) bond motifs is 1. The second-order valence-electron chi connectivity index (χ2n) is 8.26. The summed E-state index contributed by atoms with van der Waals surface area (Å²) in [5.41, 5.74) is 1.73. The van der Waals surface area contributed by atoms with Crippen molar-refractivity contribution < 1.29 is 14.0 Å². The van der Waals surface area contributed by atoms with E-state index < -0.39 is 23.7 Å². The first-order valence-corrected chi connectivity index (χ1v) is 10.6. The lowest BCUT2D eigenvalue weighted by molar-refractivity contribution is -0.118. The van der Waals surface area contributed by atoms with E-state index in [-0.39, 0.29) is 23.0 Å². The highest BCUT2D eigenvalue weighted by molar-refractivity contribution is 6.06. The summed E-state index contributed by atoms with van der Waals surface area (Å²) in [4.78, 5) is 28.6. The zero-order valence-corrected chi connectivity index (χ0v) is 18.7. The van der Waals surface area contributed by atoms with Crippen LogP contribution in [0.2, 0.25) is 0 Å². The van der Waals surface area contributed by atoms with E-state index in [1.165, 1.54) is 18.2 Å². The van der Waals surface area contributed by atoms with Crippen LogP contribution in [0.5, 0.6) is 0 Å².